The second-order valence-corrected chi connectivity index (χ2v) is 5.40. The van der Waals surface area contributed by atoms with Crippen LogP contribution in [0.25, 0.3) is 0 Å². The molecule has 1 aliphatic carbocycles. The molecular weight excluding hydrogens is 279 g/mol. The topological polar surface area (TPSA) is 63.8 Å². The van der Waals surface area contributed by atoms with E-state index in [9.17, 15) is 4.39 Å². The first-order valence-corrected chi connectivity index (χ1v) is 6.78. The van der Waals surface area contributed by atoms with Crippen molar-refractivity contribution in [2.24, 2.45) is 0 Å². The lowest BCUT2D eigenvalue weighted by Gasteiger charge is -2.12. The van der Waals surface area contributed by atoms with Gasteiger partial charge in [0.25, 0.3) is 0 Å². The first-order chi connectivity index (χ1) is 9.54. The summed E-state index contributed by atoms with van der Waals surface area (Å²) >= 11 is 5.74. The van der Waals surface area contributed by atoms with E-state index in [2.05, 4.69) is 15.3 Å². The van der Waals surface area contributed by atoms with E-state index in [1.54, 1.807) is 12.1 Å². The van der Waals surface area contributed by atoms with E-state index >= 15 is 0 Å². The van der Waals surface area contributed by atoms with E-state index in [0.29, 0.717) is 33.8 Å². The summed E-state index contributed by atoms with van der Waals surface area (Å²) in [6.07, 6.45) is 2.16. The fraction of sp³-hybridized carbons (Fsp3) is 0.286. The predicted octanol–water partition coefficient (Wildman–Crippen LogP) is 3.78. The number of nitrogens with zero attached hydrogens (tertiary/aromatic N) is 2. The lowest BCUT2D eigenvalue weighted by molar-refractivity contribution is 0.632. The zero-order chi connectivity index (χ0) is 14.3. The Morgan fingerprint density at radius 3 is 2.75 bits per heavy atom. The van der Waals surface area contributed by atoms with Gasteiger partial charge in [-0.15, -0.1) is 0 Å². The van der Waals surface area contributed by atoms with E-state index in [-0.39, 0.29) is 0 Å². The van der Waals surface area contributed by atoms with Crippen molar-refractivity contribution in [2.75, 3.05) is 11.1 Å². The van der Waals surface area contributed by atoms with Crippen molar-refractivity contribution in [1.82, 2.24) is 9.97 Å². The zero-order valence-corrected chi connectivity index (χ0v) is 11.7. The van der Waals surface area contributed by atoms with Gasteiger partial charge in [-0.1, -0.05) is 11.6 Å². The van der Waals surface area contributed by atoms with Crippen LogP contribution in [-0.4, -0.2) is 9.97 Å². The quantitative estimate of drug-likeness (QED) is 0.903. The number of benzene rings is 1. The summed E-state index contributed by atoms with van der Waals surface area (Å²) in [6.45, 7) is 1.81. The van der Waals surface area contributed by atoms with Gasteiger partial charge >= 0.3 is 0 Å². The minimum absolute atomic E-state index is 0.317. The zero-order valence-electron chi connectivity index (χ0n) is 11.0. The molecule has 1 heterocycles. The van der Waals surface area contributed by atoms with Crippen molar-refractivity contribution in [2.45, 2.75) is 25.7 Å². The monoisotopic (exact) mass is 292 g/mol. The molecule has 0 amide bonds. The summed E-state index contributed by atoms with van der Waals surface area (Å²) in [7, 11) is 0. The number of nitrogens with one attached hydrogen (secondary N) is 1. The van der Waals surface area contributed by atoms with Crippen molar-refractivity contribution in [3.05, 3.63) is 40.4 Å². The molecular formula is C14H14ClFN4. The van der Waals surface area contributed by atoms with Crippen LogP contribution in [0.4, 0.5) is 21.7 Å². The van der Waals surface area contributed by atoms with Gasteiger partial charge in [-0.25, -0.2) is 14.4 Å². The van der Waals surface area contributed by atoms with Crippen molar-refractivity contribution in [1.29, 1.82) is 0 Å². The molecule has 0 radical (unpaired) electrons. The number of nitrogen functional groups attached to an aromatic ring is 1. The predicted molar refractivity (Wildman–Crippen MR) is 77.8 cm³/mol. The van der Waals surface area contributed by atoms with E-state index in [1.807, 2.05) is 6.92 Å². The van der Waals surface area contributed by atoms with E-state index in [1.165, 1.54) is 6.07 Å². The fourth-order valence-corrected chi connectivity index (χ4v) is 2.07. The molecule has 0 atom stereocenters. The molecule has 2 aromatic rings. The summed E-state index contributed by atoms with van der Waals surface area (Å²) in [6, 6.07) is 4.45. The first kappa shape index (κ1) is 13.1. The summed E-state index contributed by atoms with van der Waals surface area (Å²) in [5.74, 6) is 1.65. The van der Waals surface area contributed by atoms with E-state index in [4.69, 9.17) is 17.3 Å². The maximum absolute atomic E-state index is 13.8. The van der Waals surface area contributed by atoms with Gasteiger partial charge in [-0.05, 0) is 38.0 Å². The Kier molecular flexibility index (Phi) is 3.22. The molecule has 1 saturated carbocycles. The second kappa shape index (κ2) is 4.90. The molecule has 104 valence electrons. The van der Waals surface area contributed by atoms with Gasteiger partial charge in [-0.3, -0.25) is 0 Å². The van der Waals surface area contributed by atoms with Gasteiger partial charge in [0.2, 0.25) is 0 Å². The molecule has 1 aromatic heterocycles. The van der Waals surface area contributed by atoms with Gasteiger partial charge < -0.3 is 11.1 Å². The largest absolute Gasteiger partial charge is 0.383 e. The van der Waals surface area contributed by atoms with Crippen LogP contribution in [0.1, 0.15) is 30.1 Å². The molecule has 0 aliphatic heterocycles. The maximum atomic E-state index is 13.8. The highest BCUT2D eigenvalue weighted by Crippen LogP contribution is 2.39. The van der Waals surface area contributed by atoms with Crippen LogP contribution >= 0.6 is 11.6 Å². The number of aromatic nitrogens is 2. The van der Waals surface area contributed by atoms with Gasteiger partial charge in [0, 0.05) is 16.5 Å². The Hall–Kier alpha value is -1.88. The highest BCUT2D eigenvalue weighted by molar-refractivity contribution is 6.30. The third-order valence-electron chi connectivity index (χ3n) is 3.33. The third-order valence-corrected chi connectivity index (χ3v) is 3.56. The van der Waals surface area contributed by atoms with Crippen LogP contribution in [0, 0.1) is 12.7 Å². The van der Waals surface area contributed by atoms with Gasteiger partial charge in [0.05, 0.1) is 5.69 Å². The van der Waals surface area contributed by atoms with Crippen molar-refractivity contribution in [3.8, 4) is 0 Å². The third kappa shape index (κ3) is 2.54. The summed E-state index contributed by atoms with van der Waals surface area (Å²) in [5.41, 5.74) is 6.93. The van der Waals surface area contributed by atoms with E-state index in [0.717, 1.165) is 18.7 Å². The minimum Gasteiger partial charge on any atom is -0.383 e. The number of hydrogen-bond acceptors (Lipinski definition) is 4. The molecule has 4 nitrogen and oxygen atoms in total. The molecule has 0 unspecified atom stereocenters. The fourth-order valence-electron chi connectivity index (χ4n) is 1.92. The molecule has 3 rings (SSSR count). The molecule has 6 heteroatoms. The Morgan fingerprint density at radius 2 is 2.10 bits per heavy atom. The molecule has 1 fully saturated rings. The Labute approximate surface area is 121 Å². The summed E-state index contributed by atoms with van der Waals surface area (Å²) in [4.78, 5) is 8.74. The maximum Gasteiger partial charge on any atom is 0.148 e. The van der Waals surface area contributed by atoms with Crippen LogP contribution in [0.3, 0.4) is 0 Å². The van der Waals surface area contributed by atoms with Crippen molar-refractivity contribution in [3.63, 3.8) is 0 Å². The summed E-state index contributed by atoms with van der Waals surface area (Å²) in [5, 5.41) is 3.32. The number of halogens is 2. The SMILES string of the molecule is Cc1c(N)nc(C2CC2)nc1Nc1ccc(Cl)cc1F. The van der Waals surface area contributed by atoms with Crippen LogP contribution in [-0.2, 0) is 0 Å². The average Bonchev–Trinajstić information content (AvgIpc) is 3.22. The molecule has 0 bridgehead atoms. The van der Waals surface area contributed by atoms with Crippen LogP contribution in [0.2, 0.25) is 5.02 Å². The van der Waals surface area contributed by atoms with Crippen molar-refractivity contribution >= 4 is 28.9 Å². The molecule has 3 N–H and O–H groups in total. The molecule has 1 aromatic carbocycles. The average molecular weight is 293 g/mol. The Balaban J connectivity index is 1.97. The van der Waals surface area contributed by atoms with Crippen LogP contribution in [0.5, 0.6) is 0 Å². The summed E-state index contributed by atoms with van der Waals surface area (Å²) < 4.78 is 13.8. The van der Waals surface area contributed by atoms with Gasteiger partial charge in [0.1, 0.15) is 23.3 Å². The highest BCUT2D eigenvalue weighted by Gasteiger charge is 2.28. The number of anilines is 3. The number of nitrogens with two attached hydrogens (primary N) is 1. The smallest absolute Gasteiger partial charge is 0.148 e. The minimum atomic E-state index is -0.429. The van der Waals surface area contributed by atoms with Crippen LogP contribution in [0.15, 0.2) is 18.2 Å². The Bertz CT molecular complexity index is 670. The van der Waals surface area contributed by atoms with E-state index < -0.39 is 5.82 Å². The van der Waals surface area contributed by atoms with Crippen molar-refractivity contribution < 1.29 is 4.39 Å². The van der Waals surface area contributed by atoms with Gasteiger partial charge in [-0.2, -0.15) is 0 Å². The molecule has 1 aliphatic rings. The second-order valence-electron chi connectivity index (χ2n) is 4.96. The standard InChI is InChI=1S/C14H14ClFN4/c1-7-12(17)19-14(8-2-3-8)20-13(7)18-11-5-4-9(15)6-10(11)16/h4-6,8H,2-3H2,1H3,(H3,17,18,19,20). The van der Waals surface area contributed by atoms with Gasteiger partial charge in [0.15, 0.2) is 0 Å². The first-order valence-electron chi connectivity index (χ1n) is 6.40. The normalized spacial score (nSPS) is 14.3. The lowest BCUT2D eigenvalue weighted by atomic mass is 10.2. The number of rotatable bonds is 3. The molecule has 0 saturated heterocycles. The lowest BCUT2D eigenvalue weighted by Crippen LogP contribution is -2.07. The Morgan fingerprint density at radius 1 is 1.35 bits per heavy atom. The molecule has 0 spiro atoms. The van der Waals surface area contributed by atoms with Crippen LogP contribution < -0.4 is 11.1 Å². The number of hydrogen-bond donors (Lipinski definition) is 2. The molecule has 20 heavy (non-hydrogen) atoms. The highest BCUT2D eigenvalue weighted by atomic mass is 35.5.